The minimum Gasteiger partial charge on any atom is -0.453 e. The van der Waals surface area contributed by atoms with E-state index in [1.54, 1.807) is 0 Å². The Labute approximate surface area is 236 Å². The number of fused-ring (bicyclic) bond motifs is 8. The average molecular weight is 533 g/mol. The Morgan fingerprint density at radius 1 is 0.675 bits per heavy atom. The molecule has 0 atom stereocenters. The molecule has 3 nitrogen and oxygen atoms in total. The van der Waals surface area contributed by atoms with Crippen LogP contribution in [0.15, 0.2) is 97.1 Å². The van der Waals surface area contributed by atoms with Crippen molar-refractivity contribution >= 4 is 64.7 Å². The molecule has 0 bridgehead atoms. The van der Waals surface area contributed by atoms with E-state index in [1.165, 1.54) is 60.7 Å². The van der Waals surface area contributed by atoms with E-state index in [0.29, 0.717) is 5.92 Å². The van der Waals surface area contributed by atoms with Crippen molar-refractivity contribution in [3.63, 3.8) is 0 Å². The maximum Gasteiger partial charge on any atom is 0.333 e. The quantitative estimate of drug-likeness (QED) is 0.218. The lowest BCUT2D eigenvalue weighted by Crippen LogP contribution is -2.68. The topological polar surface area (TPSA) is 15.7 Å². The molecule has 0 saturated heterocycles. The molecule has 5 aromatic carbocycles. The Bertz CT molecular complexity index is 1930. The molecule has 192 valence electrons. The molecular formula is C35H29BN2OSi. The Morgan fingerprint density at radius 3 is 2.25 bits per heavy atom. The molecule has 5 heteroatoms. The molecule has 40 heavy (non-hydrogen) atoms. The van der Waals surface area contributed by atoms with Gasteiger partial charge in [0.05, 0.1) is 11.4 Å². The van der Waals surface area contributed by atoms with Gasteiger partial charge in [-0.3, -0.25) is 0 Å². The zero-order valence-corrected chi connectivity index (χ0v) is 24.2. The van der Waals surface area contributed by atoms with Crippen molar-refractivity contribution in [2.24, 2.45) is 0 Å². The fraction of sp³-hybridized carbons (Fsp3) is 0.143. The first kappa shape index (κ1) is 22.6. The lowest BCUT2D eigenvalue weighted by molar-refractivity contribution is 0.477. The summed E-state index contributed by atoms with van der Waals surface area (Å²) in [5.74, 6) is 2.25. The molecule has 0 N–H and O–H groups in total. The van der Waals surface area contributed by atoms with Crippen LogP contribution >= 0.6 is 0 Å². The van der Waals surface area contributed by atoms with Crippen molar-refractivity contribution in [1.29, 1.82) is 0 Å². The fourth-order valence-corrected chi connectivity index (χ4v) is 10.7. The van der Waals surface area contributed by atoms with Crippen LogP contribution in [0.1, 0.15) is 25.3 Å². The van der Waals surface area contributed by atoms with E-state index in [4.69, 9.17) is 4.74 Å². The third kappa shape index (κ3) is 2.62. The number of nitrogens with zero attached hydrogens (tertiary/aromatic N) is 2. The Hall–Kier alpha value is -4.22. The number of para-hydroxylation sites is 5. The van der Waals surface area contributed by atoms with Crippen molar-refractivity contribution in [3.05, 3.63) is 103 Å². The zero-order chi connectivity index (χ0) is 26.9. The summed E-state index contributed by atoms with van der Waals surface area (Å²) in [6.45, 7) is 9.71. The first-order chi connectivity index (χ1) is 19.4. The monoisotopic (exact) mass is 532 g/mol. The summed E-state index contributed by atoms with van der Waals surface area (Å²) in [6, 6.07) is 36.2. The summed E-state index contributed by atoms with van der Waals surface area (Å²) < 4.78 is 6.58. The van der Waals surface area contributed by atoms with Gasteiger partial charge < -0.3 is 14.4 Å². The number of hydrogen-bond acceptors (Lipinski definition) is 3. The Balaban J connectivity index is 1.47. The summed E-state index contributed by atoms with van der Waals surface area (Å²) in [6.07, 6.45) is 0. The van der Waals surface area contributed by atoms with Gasteiger partial charge in [-0.25, -0.2) is 0 Å². The molecule has 0 saturated carbocycles. The predicted molar refractivity (Wildman–Crippen MR) is 171 cm³/mol. The predicted octanol–water partition coefficient (Wildman–Crippen LogP) is 6.76. The number of benzene rings is 5. The average Bonchev–Trinajstić information content (AvgIpc) is 2.97. The highest BCUT2D eigenvalue weighted by atomic mass is 28.3. The third-order valence-electron chi connectivity index (χ3n) is 9.57. The molecule has 5 aromatic rings. The van der Waals surface area contributed by atoms with E-state index in [9.17, 15) is 0 Å². The molecule has 4 heterocycles. The van der Waals surface area contributed by atoms with E-state index in [1.807, 2.05) is 0 Å². The zero-order valence-electron chi connectivity index (χ0n) is 23.2. The van der Waals surface area contributed by atoms with Crippen LogP contribution in [0.25, 0.3) is 11.1 Å². The summed E-state index contributed by atoms with van der Waals surface area (Å²) in [5.41, 5.74) is 13.1. The number of hydrogen-bond donors (Lipinski definition) is 0. The Kier molecular flexibility index (Phi) is 4.23. The molecule has 4 aliphatic rings. The van der Waals surface area contributed by atoms with Crippen LogP contribution in [-0.2, 0) is 0 Å². The maximum atomic E-state index is 6.58. The summed E-state index contributed by atoms with van der Waals surface area (Å²) >= 11 is 0. The maximum absolute atomic E-state index is 6.58. The summed E-state index contributed by atoms with van der Waals surface area (Å²) in [5, 5.41) is 3.04. The van der Waals surface area contributed by atoms with Crippen LogP contribution in [0, 0.1) is 0 Å². The van der Waals surface area contributed by atoms with Gasteiger partial charge in [0.15, 0.2) is 11.5 Å². The van der Waals surface area contributed by atoms with Gasteiger partial charge in [0.1, 0.15) is 8.07 Å². The number of anilines is 5. The van der Waals surface area contributed by atoms with Crippen molar-refractivity contribution < 1.29 is 4.74 Å². The van der Waals surface area contributed by atoms with Crippen LogP contribution in [0.4, 0.5) is 28.4 Å². The molecule has 4 aliphatic heterocycles. The van der Waals surface area contributed by atoms with Crippen molar-refractivity contribution in [2.75, 3.05) is 9.71 Å². The molecule has 0 amide bonds. The van der Waals surface area contributed by atoms with E-state index < -0.39 is 8.07 Å². The smallest absolute Gasteiger partial charge is 0.333 e. The largest absolute Gasteiger partial charge is 0.453 e. The van der Waals surface area contributed by atoms with E-state index >= 15 is 0 Å². The lowest BCUT2D eigenvalue weighted by atomic mass is 9.43. The van der Waals surface area contributed by atoms with Crippen LogP contribution in [0.3, 0.4) is 0 Å². The third-order valence-corrected chi connectivity index (χ3v) is 13.1. The highest BCUT2D eigenvalue weighted by Crippen LogP contribution is 2.54. The first-order valence-corrected chi connectivity index (χ1v) is 17.4. The Morgan fingerprint density at radius 2 is 1.40 bits per heavy atom. The molecule has 9 rings (SSSR count). The second kappa shape index (κ2) is 7.49. The van der Waals surface area contributed by atoms with Gasteiger partial charge in [0.2, 0.25) is 0 Å². The van der Waals surface area contributed by atoms with Gasteiger partial charge in [0.25, 0.3) is 0 Å². The van der Waals surface area contributed by atoms with Crippen molar-refractivity contribution in [1.82, 2.24) is 0 Å². The number of ether oxygens (including phenoxy) is 1. The van der Waals surface area contributed by atoms with E-state index in [-0.39, 0.29) is 6.85 Å². The SMILES string of the molecule is CC(C)c1cc2c3c(c1)N1c4ccccc4Oc4cccc(c41)B3N1c3ccccc3[Si](C)(C)c3cccc-2c31. The van der Waals surface area contributed by atoms with Crippen LogP contribution in [0.2, 0.25) is 13.1 Å². The molecule has 0 fully saturated rings. The second-order valence-corrected chi connectivity index (χ2v) is 16.7. The summed E-state index contributed by atoms with van der Waals surface area (Å²) in [7, 11) is -1.92. The number of rotatable bonds is 1. The molecule has 0 aliphatic carbocycles. The molecular weight excluding hydrogens is 503 g/mol. The van der Waals surface area contributed by atoms with Gasteiger partial charge in [0, 0.05) is 22.6 Å². The van der Waals surface area contributed by atoms with Gasteiger partial charge in [-0.1, -0.05) is 93.7 Å². The molecule has 0 radical (unpaired) electrons. The van der Waals surface area contributed by atoms with Gasteiger partial charge >= 0.3 is 6.85 Å². The first-order valence-electron chi connectivity index (χ1n) is 14.4. The minimum atomic E-state index is -1.92. The molecule has 0 aromatic heterocycles. The van der Waals surface area contributed by atoms with E-state index in [0.717, 1.165) is 17.2 Å². The fourth-order valence-electron chi connectivity index (χ4n) is 7.68. The van der Waals surface area contributed by atoms with Crippen LogP contribution in [-0.4, -0.2) is 14.9 Å². The highest BCUT2D eigenvalue weighted by Gasteiger charge is 2.51. The molecule has 0 spiro atoms. The lowest BCUT2D eigenvalue weighted by Gasteiger charge is -2.51. The minimum absolute atomic E-state index is 0.0613. The van der Waals surface area contributed by atoms with Gasteiger partial charge in [-0.05, 0) is 68.7 Å². The normalized spacial score (nSPS) is 16.0. The van der Waals surface area contributed by atoms with Gasteiger partial charge in [-0.15, -0.1) is 0 Å². The molecule has 0 unspecified atom stereocenters. The summed E-state index contributed by atoms with van der Waals surface area (Å²) in [4.78, 5) is 5.15. The van der Waals surface area contributed by atoms with Crippen LogP contribution in [0.5, 0.6) is 11.5 Å². The van der Waals surface area contributed by atoms with E-state index in [2.05, 4.69) is 134 Å². The second-order valence-electron chi connectivity index (χ2n) is 12.4. The standard InChI is InChI=1S/C35H29BN2OSi/c1-21(2)22-19-24-23-11-9-18-32-34(23)38(27-14-6-8-17-31(27)40(32,3)4)36-25-12-10-16-30-35(25)37(28(20-22)33(24)36)26-13-5-7-15-29(26)39-30/h5-21H,1-4H3. The van der Waals surface area contributed by atoms with Gasteiger partial charge in [-0.2, -0.15) is 0 Å². The van der Waals surface area contributed by atoms with Crippen molar-refractivity contribution in [2.45, 2.75) is 32.9 Å². The van der Waals surface area contributed by atoms with Crippen molar-refractivity contribution in [3.8, 4) is 22.6 Å². The highest BCUT2D eigenvalue weighted by molar-refractivity contribution is 7.05. The van der Waals surface area contributed by atoms with Crippen LogP contribution < -0.4 is 35.7 Å².